The van der Waals surface area contributed by atoms with Crippen molar-refractivity contribution in [1.29, 1.82) is 0 Å². The third-order valence-electron chi connectivity index (χ3n) is 4.20. The molecule has 0 aromatic carbocycles. The minimum Gasteiger partial charge on any atom is -0.243 e. The molecule has 1 heterocycles. The molecule has 1 saturated carbocycles. The lowest BCUT2D eigenvalue weighted by molar-refractivity contribution is 0.174. The molecule has 0 unspecified atom stereocenters. The van der Waals surface area contributed by atoms with Crippen molar-refractivity contribution < 1.29 is 8.42 Å². The highest BCUT2D eigenvalue weighted by atomic mass is 35.5. The van der Waals surface area contributed by atoms with Gasteiger partial charge in [0.15, 0.2) is 0 Å². The Balaban J connectivity index is 2.16. The summed E-state index contributed by atoms with van der Waals surface area (Å²) in [4.78, 5) is 4.06. The van der Waals surface area contributed by atoms with Crippen molar-refractivity contribution in [3.05, 3.63) is 23.5 Å². The molecule has 1 aromatic heterocycles. The van der Waals surface area contributed by atoms with Gasteiger partial charge in [0.25, 0.3) is 0 Å². The fourth-order valence-electron chi connectivity index (χ4n) is 2.63. The number of hydrogen-bond acceptors (Lipinski definition) is 3. The fourth-order valence-corrected chi connectivity index (χ4v) is 4.10. The van der Waals surface area contributed by atoms with Crippen LogP contribution in [-0.4, -0.2) is 30.8 Å². The van der Waals surface area contributed by atoms with E-state index in [9.17, 15) is 8.42 Å². The topological polar surface area (TPSA) is 50.3 Å². The highest BCUT2D eigenvalue weighted by molar-refractivity contribution is 7.89. The van der Waals surface area contributed by atoms with E-state index in [1.165, 1.54) is 22.6 Å². The van der Waals surface area contributed by atoms with Gasteiger partial charge in [0, 0.05) is 19.3 Å². The molecule has 0 spiro atoms. The Morgan fingerprint density at radius 2 is 1.90 bits per heavy atom. The van der Waals surface area contributed by atoms with E-state index in [4.69, 9.17) is 11.6 Å². The lowest BCUT2D eigenvalue weighted by Gasteiger charge is -2.37. The minimum absolute atomic E-state index is 0.0729. The maximum atomic E-state index is 12.5. The van der Waals surface area contributed by atoms with E-state index in [1.807, 2.05) is 0 Å². The lowest BCUT2D eigenvalue weighted by Crippen LogP contribution is -2.40. The zero-order valence-corrected chi connectivity index (χ0v) is 13.7. The number of rotatable bonds is 3. The first kappa shape index (κ1) is 15.7. The third-order valence-corrected chi connectivity index (χ3v) is 6.32. The number of hydrogen-bond donors (Lipinski definition) is 0. The molecule has 1 fully saturated rings. The number of pyridine rings is 1. The van der Waals surface area contributed by atoms with Crippen LogP contribution in [0.4, 0.5) is 0 Å². The highest BCUT2D eigenvalue weighted by Crippen LogP contribution is 2.37. The van der Waals surface area contributed by atoms with Gasteiger partial charge in [-0.2, -0.15) is 4.31 Å². The lowest BCUT2D eigenvalue weighted by atomic mass is 9.76. The minimum atomic E-state index is -3.48. The molecule has 112 valence electrons. The number of nitrogens with zero attached hydrogens (tertiary/aromatic N) is 2. The van der Waals surface area contributed by atoms with E-state index in [0.29, 0.717) is 10.6 Å². The van der Waals surface area contributed by atoms with Gasteiger partial charge < -0.3 is 0 Å². The van der Waals surface area contributed by atoms with Crippen molar-refractivity contribution in [2.75, 3.05) is 7.05 Å². The van der Waals surface area contributed by atoms with Gasteiger partial charge in [-0.25, -0.2) is 13.4 Å². The van der Waals surface area contributed by atoms with Crippen molar-refractivity contribution in [2.45, 2.75) is 50.5 Å². The molecule has 4 nitrogen and oxygen atoms in total. The summed E-state index contributed by atoms with van der Waals surface area (Å²) in [5, 5.41) is 0.297. The molecule has 0 N–H and O–H groups in total. The molecule has 1 aromatic rings. The van der Waals surface area contributed by atoms with Gasteiger partial charge in [0.2, 0.25) is 10.0 Å². The average molecular weight is 317 g/mol. The summed E-state index contributed by atoms with van der Waals surface area (Å²) in [5.74, 6) is 0. The summed E-state index contributed by atoms with van der Waals surface area (Å²) >= 11 is 5.70. The Morgan fingerprint density at radius 3 is 2.40 bits per heavy atom. The molecule has 0 bridgehead atoms. The van der Waals surface area contributed by atoms with Gasteiger partial charge in [-0.15, -0.1) is 0 Å². The third kappa shape index (κ3) is 3.32. The van der Waals surface area contributed by atoms with Crippen LogP contribution >= 0.6 is 11.6 Å². The van der Waals surface area contributed by atoms with Gasteiger partial charge in [-0.1, -0.05) is 25.4 Å². The van der Waals surface area contributed by atoms with Crippen molar-refractivity contribution in [3.63, 3.8) is 0 Å². The Morgan fingerprint density at radius 1 is 1.30 bits per heavy atom. The first-order chi connectivity index (χ1) is 9.22. The summed E-state index contributed by atoms with van der Waals surface area (Å²) in [6, 6.07) is 3.09. The number of sulfonamides is 1. The van der Waals surface area contributed by atoms with E-state index in [2.05, 4.69) is 18.8 Å². The van der Waals surface area contributed by atoms with Gasteiger partial charge in [-0.3, -0.25) is 0 Å². The molecule has 6 heteroatoms. The summed E-state index contributed by atoms with van der Waals surface area (Å²) < 4.78 is 26.6. The van der Waals surface area contributed by atoms with E-state index >= 15 is 0 Å². The quantitative estimate of drug-likeness (QED) is 0.804. The van der Waals surface area contributed by atoms with Crippen LogP contribution in [0.2, 0.25) is 5.15 Å². The summed E-state index contributed by atoms with van der Waals surface area (Å²) in [7, 11) is -1.82. The molecule has 2 rings (SSSR count). The van der Waals surface area contributed by atoms with Crippen LogP contribution in [0.25, 0.3) is 0 Å². The zero-order valence-electron chi connectivity index (χ0n) is 12.1. The van der Waals surface area contributed by atoms with E-state index in [1.54, 1.807) is 7.05 Å². The molecule has 0 saturated heterocycles. The van der Waals surface area contributed by atoms with Gasteiger partial charge in [0.1, 0.15) is 10.0 Å². The molecule has 1 aliphatic carbocycles. The van der Waals surface area contributed by atoms with Crippen LogP contribution in [0.3, 0.4) is 0 Å². The Kier molecular flexibility index (Phi) is 4.42. The van der Waals surface area contributed by atoms with Gasteiger partial charge in [-0.05, 0) is 43.2 Å². The van der Waals surface area contributed by atoms with Crippen molar-refractivity contribution in [3.8, 4) is 0 Å². The summed E-state index contributed by atoms with van der Waals surface area (Å²) in [6.45, 7) is 4.47. The smallest absolute Gasteiger partial charge is 0.243 e. The van der Waals surface area contributed by atoms with Crippen LogP contribution in [0.1, 0.15) is 39.5 Å². The van der Waals surface area contributed by atoms with Gasteiger partial charge in [0.05, 0.1) is 0 Å². The van der Waals surface area contributed by atoms with Crippen LogP contribution in [0.5, 0.6) is 0 Å². The van der Waals surface area contributed by atoms with Crippen LogP contribution in [0, 0.1) is 5.41 Å². The molecule has 0 aliphatic heterocycles. The van der Waals surface area contributed by atoms with Crippen LogP contribution < -0.4 is 0 Å². The molecule has 0 radical (unpaired) electrons. The standard InChI is InChI=1S/C14H21ClN2O2S/c1-14(2)8-6-11(7-9-14)17(3)20(18,19)12-4-5-13(15)16-10-12/h4-5,10-11H,6-9H2,1-3H3. The second-order valence-corrected chi connectivity index (χ2v) is 8.62. The average Bonchev–Trinajstić information content (AvgIpc) is 2.38. The predicted octanol–water partition coefficient (Wildman–Crippen LogP) is 3.32. The summed E-state index contributed by atoms with van der Waals surface area (Å²) in [5.41, 5.74) is 0.322. The molecular weight excluding hydrogens is 296 g/mol. The second kappa shape index (κ2) is 5.62. The van der Waals surface area contributed by atoms with E-state index in [0.717, 1.165) is 25.7 Å². The molecule has 20 heavy (non-hydrogen) atoms. The summed E-state index contributed by atoms with van der Waals surface area (Å²) in [6.07, 6.45) is 5.24. The van der Waals surface area contributed by atoms with Gasteiger partial charge >= 0.3 is 0 Å². The second-order valence-electron chi connectivity index (χ2n) is 6.23. The van der Waals surface area contributed by atoms with Crippen LogP contribution in [-0.2, 0) is 10.0 Å². The van der Waals surface area contributed by atoms with Crippen molar-refractivity contribution in [2.24, 2.45) is 5.41 Å². The molecule has 0 atom stereocenters. The monoisotopic (exact) mass is 316 g/mol. The van der Waals surface area contributed by atoms with Crippen molar-refractivity contribution in [1.82, 2.24) is 9.29 Å². The van der Waals surface area contributed by atoms with E-state index in [-0.39, 0.29) is 10.9 Å². The first-order valence-corrected chi connectivity index (χ1v) is 8.64. The van der Waals surface area contributed by atoms with Crippen molar-refractivity contribution >= 4 is 21.6 Å². The van der Waals surface area contributed by atoms with E-state index < -0.39 is 10.0 Å². The fraction of sp³-hybridized carbons (Fsp3) is 0.643. The SMILES string of the molecule is CN(C1CCC(C)(C)CC1)S(=O)(=O)c1ccc(Cl)nc1. The Bertz CT molecular complexity index is 559. The Labute approximate surface area is 126 Å². The highest BCUT2D eigenvalue weighted by Gasteiger charge is 2.34. The Hall–Kier alpha value is -0.650. The first-order valence-electron chi connectivity index (χ1n) is 6.82. The predicted molar refractivity (Wildman–Crippen MR) is 80.2 cm³/mol. The number of aromatic nitrogens is 1. The zero-order chi connectivity index (χ0) is 15.0. The maximum absolute atomic E-state index is 12.5. The number of halogens is 1. The molecule has 0 amide bonds. The molecular formula is C14H21ClN2O2S. The molecule has 1 aliphatic rings. The normalized spacial score (nSPS) is 20.2. The largest absolute Gasteiger partial charge is 0.244 e. The maximum Gasteiger partial charge on any atom is 0.244 e. The van der Waals surface area contributed by atoms with Crippen LogP contribution in [0.15, 0.2) is 23.2 Å².